The van der Waals surface area contributed by atoms with Gasteiger partial charge in [0, 0.05) is 20.3 Å². The largest absolute Gasteiger partial charge is 0.463 e. The molecule has 2 aromatic heterocycles. The predicted octanol–water partition coefficient (Wildman–Crippen LogP) is 1.06. The molecule has 0 aliphatic carbocycles. The number of aromatic nitrogens is 4. The molecule has 1 saturated heterocycles. The molecule has 0 spiro atoms. The van der Waals surface area contributed by atoms with Gasteiger partial charge >= 0.3 is 17.9 Å². The van der Waals surface area contributed by atoms with Crippen molar-refractivity contribution in [1.82, 2.24) is 19.5 Å². The van der Waals surface area contributed by atoms with Gasteiger partial charge in [-0.1, -0.05) is 30.3 Å². The van der Waals surface area contributed by atoms with E-state index in [9.17, 15) is 14.4 Å². The highest BCUT2D eigenvalue weighted by Crippen LogP contribution is 2.36. The van der Waals surface area contributed by atoms with Gasteiger partial charge < -0.3 is 24.7 Å². The fraction of sp³-hybridized carbons (Fsp3) is 0.381. The topological polar surface area (TPSA) is 161 Å². The van der Waals surface area contributed by atoms with E-state index in [1.807, 2.05) is 30.3 Å². The second-order valence-corrected chi connectivity index (χ2v) is 7.50. The first kappa shape index (κ1) is 22.3. The maximum Gasteiger partial charge on any atom is 0.303 e. The molecular formula is C21H23N5O7. The van der Waals surface area contributed by atoms with Crippen LogP contribution < -0.4 is 16.0 Å². The fourth-order valence-electron chi connectivity index (χ4n) is 3.61. The zero-order chi connectivity index (χ0) is 23.5. The summed E-state index contributed by atoms with van der Waals surface area (Å²) in [6, 6.07) is 9.39. The van der Waals surface area contributed by atoms with Crippen molar-refractivity contribution in [2.75, 3.05) is 12.3 Å². The molecule has 174 valence electrons. The van der Waals surface area contributed by atoms with Gasteiger partial charge in [0.25, 0.3) is 5.56 Å². The molecule has 4 rings (SSSR count). The van der Waals surface area contributed by atoms with E-state index < -0.39 is 35.9 Å². The smallest absolute Gasteiger partial charge is 0.303 e. The van der Waals surface area contributed by atoms with Crippen molar-refractivity contribution in [1.29, 1.82) is 0 Å². The molecule has 0 radical (unpaired) electrons. The van der Waals surface area contributed by atoms with E-state index in [1.165, 1.54) is 18.4 Å². The number of carbonyl (C=O) groups is 2. The molecule has 1 aromatic carbocycles. The van der Waals surface area contributed by atoms with Crippen LogP contribution >= 0.6 is 0 Å². The van der Waals surface area contributed by atoms with Crippen LogP contribution in [0.3, 0.4) is 0 Å². The summed E-state index contributed by atoms with van der Waals surface area (Å²) < 4.78 is 23.9. The molecule has 0 bridgehead atoms. The summed E-state index contributed by atoms with van der Waals surface area (Å²) in [5, 5.41) is 0. The number of H-pyrrole nitrogens is 1. The van der Waals surface area contributed by atoms with Gasteiger partial charge in [0.1, 0.15) is 19.3 Å². The lowest BCUT2D eigenvalue weighted by Gasteiger charge is -2.21. The van der Waals surface area contributed by atoms with Crippen molar-refractivity contribution in [2.45, 2.75) is 45.3 Å². The molecule has 12 heteroatoms. The third kappa shape index (κ3) is 4.95. The Labute approximate surface area is 187 Å². The van der Waals surface area contributed by atoms with E-state index in [2.05, 4.69) is 15.0 Å². The van der Waals surface area contributed by atoms with Crippen LogP contribution in [0.15, 0.2) is 35.1 Å². The van der Waals surface area contributed by atoms with Crippen LogP contribution in [0.4, 0.5) is 5.95 Å². The van der Waals surface area contributed by atoms with Crippen LogP contribution in [-0.2, 0) is 30.4 Å². The highest BCUT2D eigenvalue weighted by Gasteiger charge is 2.42. The quantitative estimate of drug-likeness (QED) is 0.491. The minimum absolute atomic E-state index is 0.0131. The number of rotatable bonds is 7. The van der Waals surface area contributed by atoms with Gasteiger partial charge in [-0.05, 0) is 5.56 Å². The van der Waals surface area contributed by atoms with E-state index in [1.54, 1.807) is 0 Å². The summed E-state index contributed by atoms with van der Waals surface area (Å²) in [7, 11) is 0. The summed E-state index contributed by atoms with van der Waals surface area (Å²) in [4.78, 5) is 46.3. The Hall–Kier alpha value is -3.93. The van der Waals surface area contributed by atoms with Crippen LogP contribution in [0, 0.1) is 0 Å². The maximum absolute atomic E-state index is 12.5. The second kappa shape index (κ2) is 9.28. The minimum Gasteiger partial charge on any atom is -0.463 e. The Morgan fingerprint density at radius 2 is 1.97 bits per heavy atom. The Balaban J connectivity index is 1.74. The monoisotopic (exact) mass is 457 g/mol. The second-order valence-electron chi connectivity index (χ2n) is 7.50. The molecule has 3 aromatic rings. The molecular weight excluding hydrogens is 434 g/mol. The lowest BCUT2D eigenvalue weighted by molar-refractivity contribution is -0.153. The lowest BCUT2D eigenvalue weighted by Crippen LogP contribution is -2.26. The van der Waals surface area contributed by atoms with E-state index in [4.69, 9.17) is 24.7 Å². The van der Waals surface area contributed by atoms with Crippen LogP contribution in [0.1, 0.15) is 32.1 Å². The zero-order valence-corrected chi connectivity index (χ0v) is 18.0. The number of hydrogen-bond acceptors (Lipinski definition) is 10. The number of anilines is 1. The Morgan fingerprint density at radius 1 is 1.21 bits per heavy atom. The number of nitrogens with zero attached hydrogens (tertiary/aromatic N) is 3. The number of imidazole rings is 1. The standard InChI is InChI=1S/C21H23N5O7/c1-11(27)30-10-14-8-15(32-12(2)28)19(33-14)26-17-16(18(29)25-20(22)24-17)23-21(26)31-9-13-6-4-3-5-7-13/h3-7,14-15,19H,8-10H2,1-2H3,(H3,22,24,25,29)/t14-,15+,19+/m0/s1. The van der Waals surface area contributed by atoms with Crippen LogP contribution in [0.5, 0.6) is 6.01 Å². The van der Waals surface area contributed by atoms with Crippen molar-refractivity contribution in [3.63, 3.8) is 0 Å². The van der Waals surface area contributed by atoms with Crippen molar-refractivity contribution in [3.05, 3.63) is 46.2 Å². The zero-order valence-electron chi connectivity index (χ0n) is 18.0. The normalized spacial score (nSPS) is 20.0. The molecule has 3 atom stereocenters. The summed E-state index contributed by atoms with van der Waals surface area (Å²) >= 11 is 0. The fourth-order valence-corrected chi connectivity index (χ4v) is 3.61. The molecule has 3 N–H and O–H groups in total. The number of carbonyl (C=O) groups excluding carboxylic acids is 2. The van der Waals surface area contributed by atoms with Crippen LogP contribution in [-0.4, -0.2) is 50.3 Å². The summed E-state index contributed by atoms with van der Waals surface area (Å²) in [6.45, 7) is 2.68. The Kier molecular flexibility index (Phi) is 6.27. The molecule has 0 saturated carbocycles. The minimum atomic E-state index is -0.945. The third-order valence-corrected chi connectivity index (χ3v) is 4.94. The molecule has 1 aliphatic heterocycles. The van der Waals surface area contributed by atoms with Crippen LogP contribution in [0.2, 0.25) is 0 Å². The van der Waals surface area contributed by atoms with Gasteiger partial charge in [0.2, 0.25) is 5.95 Å². The van der Waals surface area contributed by atoms with Gasteiger partial charge in [-0.3, -0.25) is 19.4 Å². The first-order valence-electron chi connectivity index (χ1n) is 10.2. The van der Waals surface area contributed by atoms with E-state index in [0.717, 1.165) is 5.56 Å². The summed E-state index contributed by atoms with van der Waals surface area (Å²) in [6.07, 6.45) is -2.05. The number of fused-ring (bicyclic) bond motifs is 1. The van der Waals surface area contributed by atoms with Gasteiger partial charge in [-0.2, -0.15) is 9.97 Å². The average molecular weight is 457 g/mol. The Morgan fingerprint density at radius 3 is 2.67 bits per heavy atom. The summed E-state index contributed by atoms with van der Waals surface area (Å²) in [5.41, 5.74) is 6.16. The number of aromatic amines is 1. The predicted molar refractivity (Wildman–Crippen MR) is 114 cm³/mol. The third-order valence-electron chi connectivity index (χ3n) is 4.94. The molecule has 12 nitrogen and oxygen atoms in total. The summed E-state index contributed by atoms with van der Waals surface area (Å²) in [5.74, 6) is -1.11. The van der Waals surface area contributed by atoms with E-state index in [0.29, 0.717) is 0 Å². The highest BCUT2D eigenvalue weighted by atomic mass is 16.6. The number of ether oxygens (including phenoxy) is 4. The maximum atomic E-state index is 12.5. The van der Waals surface area contributed by atoms with E-state index in [-0.39, 0.29) is 42.8 Å². The number of nitrogens with one attached hydrogen (secondary N) is 1. The number of benzene rings is 1. The SMILES string of the molecule is CC(=O)OC[C@@H]1C[C@@H](OC(C)=O)[C@H](n2c(OCc3ccccc3)nc3c(=O)[nH]c(N)nc32)O1. The molecule has 1 fully saturated rings. The van der Waals surface area contributed by atoms with Gasteiger partial charge in [-0.25, -0.2) is 4.57 Å². The van der Waals surface area contributed by atoms with Gasteiger partial charge in [0.05, 0.1) is 6.10 Å². The highest BCUT2D eigenvalue weighted by molar-refractivity contribution is 5.72. The molecule has 33 heavy (non-hydrogen) atoms. The number of hydrogen-bond donors (Lipinski definition) is 2. The van der Waals surface area contributed by atoms with Crippen molar-refractivity contribution in [3.8, 4) is 6.01 Å². The van der Waals surface area contributed by atoms with E-state index >= 15 is 0 Å². The van der Waals surface area contributed by atoms with Gasteiger partial charge in [0.15, 0.2) is 17.4 Å². The van der Waals surface area contributed by atoms with Crippen molar-refractivity contribution >= 4 is 29.1 Å². The molecule has 0 amide bonds. The lowest BCUT2D eigenvalue weighted by atomic mass is 10.2. The number of esters is 2. The average Bonchev–Trinajstić information content (AvgIpc) is 3.31. The van der Waals surface area contributed by atoms with Crippen molar-refractivity contribution in [2.24, 2.45) is 0 Å². The molecule has 0 unspecified atom stereocenters. The van der Waals surface area contributed by atoms with Gasteiger partial charge in [-0.15, -0.1) is 0 Å². The Bertz CT molecular complexity index is 1220. The first-order chi connectivity index (χ1) is 15.8. The van der Waals surface area contributed by atoms with Crippen LogP contribution in [0.25, 0.3) is 11.2 Å². The van der Waals surface area contributed by atoms with Crippen molar-refractivity contribution < 1.29 is 28.5 Å². The molecule has 1 aliphatic rings. The first-order valence-corrected chi connectivity index (χ1v) is 10.2. The number of nitrogen functional groups attached to an aromatic ring is 1. The molecule has 3 heterocycles. The number of nitrogens with two attached hydrogens (primary N) is 1.